The molecule has 5 nitrogen and oxygen atoms in total. The van der Waals surface area contributed by atoms with Gasteiger partial charge in [0.2, 0.25) is 0 Å². The fraction of sp³-hybridized carbons (Fsp3) is 0.188. The smallest absolute Gasteiger partial charge is 0.255 e. The quantitative estimate of drug-likeness (QED) is 0.681. The van der Waals surface area contributed by atoms with E-state index in [1.54, 1.807) is 39.2 Å². The van der Waals surface area contributed by atoms with Gasteiger partial charge in [0.25, 0.3) is 5.56 Å². The van der Waals surface area contributed by atoms with E-state index in [1.165, 1.54) is 10.6 Å². The first-order valence-corrected chi connectivity index (χ1v) is 6.83. The lowest BCUT2D eigenvalue weighted by Crippen LogP contribution is -2.20. The van der Waals surface area contributed by atoms with Crippen molar-refractivity contribution in [3.05, 3.63) is 51.7 Å². The first kappa shape index (κ1) is 14.2. The second kappa shape index (κ2) is 4.91. The van der Waals surface area contributed by atoms with Crippen molar-refractivity contribution in [3.8, 4) is 5.88 Å². The summed E-state index contributed by atoms with van der Waals surface area (Å²) in [6, 6.07) is 4.79. The normalized spacial score (nSPS) is 11.1. The van der Waals surface area contributed by atoms with Gasteiger partial charge >= 0.3 is 0 Å². The van der Waals surface area contributed by atoms with E-state index in [0.29, 0.717) is 22.2 Å². The van der Waals surface area contributed by atoms with E-state index >= 15 is 0 Å². The molecule has 0 aliphatic carbocycles. The van der Waals surface area contributed by atoms with Gasteiger partial charge in [-0.05, 0) is 31.5 Å². The van der Waals surface area contributed by atoms with Gasteiger partial charge in [0.05, 0.1) is 22.3 Å². The van der Waals surface area contributed by atoms with Gasteiger partial charge in [-0.3, -0.25) is 4.79 Å². The average molecular weight is 301 g/mol. The van der Waals surface area contributed by atoms with Crippen LogP contribution in [0.3, 0.4) is 0 Å². The molecule has 22 heavy (non-hydrogen) atoms. The van der Waals surface area contributed by atoms with Crippen LogP contribution in [0.5, 0.6) is 5.88 Å². The zero-order valence-electron chi connectivity index (χ0n) is 12.5. The van der Waals surface area contributed by atoms with Crippen molar-refractivity contribution < 1.29 is 9.50 Å². The SMILES string of the molecule is Cc1ccc(Nc2c(C)c(=O)n(C)c3c[nH]c(O)c23)c(F)c1. The molecule has 3 aromatic rings. The number of anilines is 2. The molecule has 0 saturated carbocycles. The van der Waals surface area contributed by atoms with Crippen LogP contribution in [0.2, 0.25) is 0 Å². The molecule has 1 aromatic carbocycles. The maximum atomic E-state index is 14.1. The molecule has 0 aliphatic heterocycles. The van der Waals surface area contributed by atoms with Crippen LogP contribution in [-0.4, -0.2) is 14.7 Å². The van der Waals surface area contributed by atoms with Crippen LogP contribution >= 0.6 is 0 Å². The standard InChI is InChI=1S/C16H16FN3O2/c1-8-4-5-11(10(17)6-8)19-14-9(2)16(22)20(3)12-7-18-15(21)13(12)14/h4-7,18-19,21H,1-3H3. The average Bonchev–Trinajstić information content (AvgIpc) is 2.85. The number of halogens is 1. The van der Waals surface area contributed by atoms with E-state index < -0.39 is 5.82 Å². The van der Waals surface area contributed by atoms with E-state index in [9.17, 15) is 14.3 Å². The van der Waals surface area contributed by atoms with Crippen LogP contribution < -0.4 is 10.9 Å². The molecule has 3 rings (SSSR count). The number of pyridine rings is 1. The van der Waals surface area contributed by atoms with Gasteiger partial charge in [-0.15, -0.1) is 0 Å². The summed E-state index contributed by atoms with van der Waals surface area (Å²) in [7, 11) is 1.63. The lowest BCUT2D eigenvalue weighted by Gasteiger charge is -2.14. The molecule has 6 heteroatoms. The van der Waals surface area contributed by atoms with E-state index in [2.05, 4.69) is 10.3 Å². The van der Waals surface area contributed by atoms with Gasteiger partial charge in [-0.25, -0.2) is 4.39 Å². The predicted molar refractivity (Wildman–Crippen MR) is 84.4 cm³/mol. The van der Waals surface area contributed by atoms with Gasteiger partial charge < -0.3 is 20.0 Å². The van der Waals surface area contributed by atoms with Crippen molar-refractivity contribution in [3.63, 3.8) is 0 Å². The molecule has 0 aliphatic rings. The summed E-state index contributed by atoms with van der Waals surface area (Å²) in [6.45, 7) is 3.44. The number of aryl methyl sites for hydroxylation is 2. The number of aromatic amines is 1. The third kappa shape index (κ3) is 2.04. The molecule has 0 bridgehead atoms. The van der Waals surface area contributed by atoms with Crippen LogP contribution in [0, 0.1) is 19.7 Å². The maximum Gasteiger partial charge on any atom is 0.255 e. The zero-order valence-corrected chi connectivity index (χ0v) is 12.5. The first-order chi connectivity index (χ1) is 10.4. The number of benzene rings is 1. The zero-order chi connectivity index (χ0) is 16.0. The fourth-order valence-electron chi connectivity index (χ4n) is 2.58. The Morgan fingerprint density at radius 2 is 2.05 bits per heavy atom. The number of aromatic hydroxyl groups is 1. The summed E-state index contributed by atoms with van der Waals surface area (Å²) in [6.07, 6.45) is 1.54. The molecule has 0 radical (unpaired) electrons. The van der Waals surface area contributed by atoms with Crippen molar-refractivity contribution >= 4 is 22.3 Å². The Kier molecular flexibility index (Phi) is 3.16. The van der Waals surface area contributed by atoms with Crippen LogP contribution in [0.1, 0.15) is 11.1 Å². The highest BCUT2D eigenvalue weighted by Gasteiger charge is 2.17. The van der Waals surface area contributed by atoms with Gasteiger partial charge in [0.15, 0.2) is 5.88 Å². The second-order valence-electron chi connectivity index (χ2n) is 5.37. The van der Waals surface area contributed by atoms with Crippen LogP contribution in [0.4, 0.5) is 15.8 Å². The van der Waals surface area contributed by atoms with Gasteiger partial charge in [0, 0.05) is 18.8 Å². The Bertz CT molecular complexity index is 941. The molecule has 3 N–H and O–H groups in total. The molecule has 0 amide bonds. The summed E-state index contributed by atoms with van der Waals surface area (Å²) in [5, 5.41) is 13.4. The minimum absolute atomic E-state index is 0.0660. The number of nitrogens with zero attached hydrogens (tertiary/aromatic N) is 1. The summed E-state index contributed by atoms with van der Waals surface area (Å²) >= 11 is 0. The molecule has 0 saturated heterocycles. The largest absolute Gasteiger partial charge is 0.494 e. The van der Waals surface area contributed by atoms with Gasteiger partial charge in [0.1, 0.15) is 5.82 Å². The van der Waals surface area contributed by atoms with Crippen molar-refractivity contribution in [1.82, 2.24) is 9.55 Å². The molecule has 0 fully saturated rings. The Hall–Kier alpha value is -2.76. The molecule has 2 heterocycles. The minimum atomic E-state index is -0.414. The van der Waals surface area contributed by atoms with Crippen LogP contribution in [0.25, 0.3) is 10.9 Å². The number of aromatic nitrogens is 2. The van der Waals surface area contributed by atoms with Gasteiger partial charge in [-0.1, -0.05) is 6.07 Å². The second-order valence-corrected chi connectivity index (χ2v) is 5.37. The van der Waals surface area contributed by atoms with E-state index in [4.69, 9.17) is 0 Å². The lowest BCUT2D eigenvalue weighted by molar-refractivity contribution is 0.463. The third-order valence-corrected chi connectivity index (χ3v) is 3.83. The number of hydrogen-bond acceptors (Lipinski definition) is 3. The molecular formula is C16H16FN3O2. The predicted octanol–water partition coefficient (Wildman–Crippen LogP) is 3.07. The minimum Gasteiger partial charge on any atom is -0.494 e. The van der Waals surface area contributed by atoms with Crippen LogP contribution in [-0.2, 0) is 7.05 Å². The number of rotatable bonds is 2. The van der Waals surface area contributed by atoms with Crippen molar-refractivity contribution in [2.24, 2.45) is 7.05 Å². The number of nitrogens with one attached hydrogen (secondary N) is 2. The Labute approximate surface area is 126 Å². The summed E-state index contributed by atoms with van der Waals surface area (Å²) < 4.78 is 15.5. The van der Waals surface area contributed by atoms with E-state index in [1.807, 2.05) is 0 Å². The van der Waals surface area contributed by atoms with Gasteiger partial charge in [-0.2, -0.15) is 0 Å². The summed E-state index contributed by atoms with van der Waals surface area (Å²) in [5.74, 6) is -0.480. The molecule has 0 atom stereocenters. The summed E-state index contributed by atoms with van der Waals surface area (Å²) in [4.78, 5) is 15.0. The van der Waals surface area contributed by atoms with Crippen molar-refractivity contribution in [2.75, 3.05) is 5.32 Å². The lowest BCUT2D eigenvalue weighted by atomic mass is 10.1. The maximum absolute atomic E-state index is 14.1. The molecule has 0 unspecified atom stereocenters. The Balaban J connectivity index is 2.26. The third-order valence-electron chi connectivity index (χ3n) is 3.83. The molecular weight excluding hydrogens is 285 g/mol. The van der Waals surface area contributed by atoms with Crippen LogP contribution in [0.15, 0.2) is 29.2 Å². The highest BCUT2D eigenvalue weighted by atomic mass is 19.1. The number of fused-ring (bicyclic) bond motifs is 1. The highest BCUT2D eigenvalue weighted by Crippen LogP contribution is 2.34. The fourth-order valence-corrected chi connectivity index (χ4v) is 2.58. The van der Waals surface area contributed by atoms with E-state index in [-0.39, 0.29) is 17.1 Å². The molecule has 0 spiro atoms. The topological polar surface area (TPSA) is 70.0 Å². The number of H-pyrrole nitrogens is 1. The Morgan fingerprint density at radius 1 is 1.32 bits per heavy atom. The number of hydrogen-bond donors (Lipinski definition) is 3. The highest BCUT2D eigenvalue weighted by molar-refractivity contribution is 5.98. The summed E-state index contributed by atoms with van der Waals surface area (Å²) in [5.41, 5.74) is 2.20. The van der Waals surface area contributed by atoms with Crippen molar-refractivity contribution in [2.45, 2.75) is 13.8 Å². The molecule has 2 aromatic heterocycles. The first-order valence-electron chi connectivity index (χ1n) is 6.83. The molecule has 114 valence electrons. The van der Waals surface area contributed by atoms with Crippen molar-refractivity contribution in [1.29, 1.82) is 0 Å². The van der Waals surface area contributed by atoms with E-state index in [0.717, 1.165) is 5.56 Å². The monoisotopic (exact) mass is 301 g/mol. The Morgan fingerprint density at radius 3 is 2.73 bits per heavy atom.